The topological polar surface area (TPSA) is 42.1 Å². The lowest BCUT2D eigenvalue weighted by Crippen LogP contribution is -2.46. The van der Waals surface area contributed by atoms with Gasteiger partial charge < -0.3 is 5.73 Å². The summed E-state index contributed by atoms with van der Waals surface area (Å²) in [5.41, 5.74) is 6.71. The number of nitrogens with zero attached hydrogens (tertiary/aromatic N) is 2. The predicted octanol–water partition coefficient (Wildman–Crippen LogP) is 2.89. The Morgan fingerprint density at radius 2 is 2.10 bits per heavy atom. The van der Waals surface area contributed by atoms with E-state index in [1.54, 1.807) is 24.4 Å². The minimum atomic E-state index is -4.22. The van der Waals surface area contributed by atoms with Crippen molar-refractivity contribution in [2.24, 2.45) is 5.73 Å². The maximum Gasteiger partial charge on any atom is 0.401 e. The van der Waals surface area contributed by atoms with Crippen LogP contribution < -0.4 is 5.73 Å². The smallest absolute Gasteiger partial charge is 0.326 e. The molecule has 0 aliphatic heterocycles. The van der Waals surface area contributed by atoms with Crippen molar-refractivity contribution in [2.45, 2.75) is 50.5 Å². The van der Waals surface area contributed by atoms with Crippen molar-refractivity contribution in [3.63, 3.8) is 0 Å². The molecule has 3 nitrogen and oxygen atoms in total. The van der Waals surface area contributed by atoms with Crippen molar-refractivity contribution in [3.8, 4) is 0 Å². The van der Waals surface area contributed by atoms with Crippen LogP contribution in [-0.4, -0.2) is 34.7 Å². The summed E-state index contributed by atoms with van der Waals surface area (Å²) >= 11 is 0. The number of hydrogen-bond acceptors (Lipinski definition) is 3. The van der Waals surface area contributed by atoms with Gasteiger partial charge in [-0.3, -0.25) is 9.88 Å². The van der Waals surface area contributed by atoms with Gasteiger partial charge >= 0.3 is 6.18 Å². The molecule has 1 aliphatic rings. The van der Waals surface area contributed by atoms with Crippen LogP contribution in [0, 0.1) is 0 Å². The van der Waals surface area contributed by atoms with Gasteiger partial charge in [-0.05, 0) is 31.4 Å². The molecule has 2 unspecified atom stereocenters. The summed E-state index contributed by atoms with van der Waals surface area (Å²) in [6.45, 7) is 0.964. The first-order valence-corrected chi connectivity index (χ1v) is 6.91. The van der Waals surface area contributed by atoms with E-state index in [1.165, 1.54) is 4.90 Å². The van der Waals surface area contributed by atoms with E-state index in [-0.39, 0.29) is 12.1 Å². The quantitative estimate of drug-likeness (QED) is 0.874. The molecule has 0 amide bonds. The third-order valence-electron chi connectivity index (χ3n) is 3.60. The molecular weight excluding hydrogens is 267 g/mol. The second-order valence-electron chi connectivity index (χ2n) is 5.29. The molecule has 0 bridgehead atoms. The molecule has 1 aromatic rings. The Hall–Kier alpha value is -1.14. The van der Waals surface area contributed by atoms with E-state index >= 15 is 0 Å². The summed E-state index contributed by atoms with van der Waals surface area (Å²) in [5.74, 6) is 0. The number of nitrogens with two attached hydrogens (primary N) is 1. The van der Waals surface area contributed by atoms with Gasteiger partial charge in [-0.25, -0.2) is 0 Å². The Labute approximate surface area is 117 Å². The third kappa shape index (κ3) is 3.93. The summed E-state index contributed by atoms with van der Waals surface area (Å²) in [4.78, 5) is 5.70. The summed E-state index contributed by atoms with van der Waals surface area (Å²) in [6, 6.07) is 4.44. The molecule has 6 heteroatoms. The number of halogens is 3. The standard InChI is InChI=1S/C14H20F3N3/c1-2-11(18)13(12-5-3-4-8-19-12)20(10-6-7-10)9-14(15,16)17/h3-5,8,10-11,13H,2,6-7,9,18H2,1H3. The van der Waals surface area contributed by atoms with Crippen LogP contribution in [0.2, 0.25) is 0 Å². The second-order valence-corrected chi connectivity index (χ2v) is 5.29. The second kappa shape index (κ2) is 6.10. The number of rotatable bonds is 6. The van der Waals surface area contributed by atoms with Crippen LogP contribution in [0.1, 0.15) is 37.9 Å². The minimum absolute atomic E-state index is 0.0266. The molecular formula is C14H20F3N3. The summed E-state index contributed by atoms with van der Waals surface area (Å²) < 4.78 is 38.5. The van der Waals surface area contributed by atoms with Gasteiger partial charge in [-0.1, -0.05) is 13.0 Å². The SMILES string of the molecule is CCC(N)C(c1ccccn1)N(CC(F)(F)F)C1CC1. The maximum absolute atomic E-state index is 12.8. The van der Waals surface area contributed by atoms with Crippen LogP contribution in [-0.2, 0) is 0 Å². The van der Waals surface area contributed by atoms with Gasteiger partial charge in [0.2, 0.25) is 0 Å². The molecule has 20 heavy (non-hydrogen) atoms. The van der Waals surface area contributed by atoms with E-state index in [9.17, 15) is 13.2 Å². The molecule has 1 heterocycles. The van der Waals surface area contributed by atoms with Gasteiger partial charge in [0.05, 0.1) is 18.3 Å². The van der Waals surface area contributed by atoms with E-state index in [4.69, 9.17) is 5.73 Å². The highest BCUT2D eigenvalue weighted by Gasteiger charge is 2.43. The highest BCUT2D eigenvalue weighted by Crippen LogP contribution is 2.37. The monoisotopic (exact) mass is 287 g/mol. The Kier molecular flexibility index (Phi) is 4.65. The summed E-state index contributed by atoms with van der Waals surface area (Å²) in [5, 5.41) is 0. The zero-order valence-electron chi connectivity index (χ0n) is 11.5. The molecule has 1 fully saturated rings. The molecule has 0 spiro atoms. The van der Waals surface area contributed by atoms with Gasteiger partial charge in [-0.2, -0.15) is 13.2 Å². The van der Waals surface area contributed by atoms with Gasteiger partial charge in [-0.15, -0.1) is 0 Å². The van der Waals surface area contributed by atoms with Crippen LogP contribution in [0.15, 0.2) is 24.4 Å². The molecule has 1 aliphatic carbocycles. The van der Waals surface area contributed by atoms with E-state index in [2.05, 4.69) is 4.98 Å². The lowest BCUT2D eigenvalue weighted by Gasteiger charge is -2.35. The Morgan fingerprint density at radius 1 is 1.40 bits per heavy atom. The maximum atomic E-state index is 12.8. The number of pyridine rings is 1. The number of hydrogen-bond donors (Lipinski definition) is 1. The molecule has 1 aromatic heterocycles. The normalized spacial score (nSPS) is 19.1. The van der Waals surface area contributed by atoms with E-state index in [0.29, 0.717) is 12.1 Å². The van der Waals surface area contributed by atoms with Crippen molar-refractivity contribution < 1.29 is 13.2 Å². The largest absolute Gasteiger partial charge is 0.401 e. The molecule has 1 saturated carbocycles. The Bertz CT molecular complexity index is 417. The summed E-state index contributed by atoms with van der Waals surface area (Å²) in [7, 11) is 0. The summed E-state index contributed by atoms with van der Waals surface area (Å²) in [6.07, 6.45) is -0.402. The number of alkyl halides is 3. The van der Waals surface area contributed by atoms with Crippen molar-refractivity contribution in [2.75, 3.05) is 6.54 Å². The van der Waals surface area contributed by atoms with Crippen LogP contribution in [0.25, 0.3) is 0 Å². The molecule has 0 radical (unpaired) electrons. The fourth-order valence-electron chi connectivity index (χ4n) is 2.48. The molecule has 2 atom stereocenters. The average Bonchev–Trinajstić information content (AvgIpc) is 3.21. The first-order chi connectivity index (χ1) is 9.42. The fourth-order valence-corrected chi connectivity index (χ4v) is 2.48. The van der Waals surface area contributed by atoms with Gasteiger partial charge in [0, 0.05) is 18.3 Å². The lowest BCUT2D eigenvalue weighted by atomic mass is 10.00. The highest BCUT2D eigenvalue weighted by molar-refractivity contribution is 5.13. The van der Waals surface area contributed by atoms with Gasteiger partial charge in [0.15, 0.2) is 0 Å². The number of aromatic nitrogens is 1. The van der Waals surface area contributed by atoms with Crippen molar-refractivity contribution >= 4 is 0 Å². The first-order valence-electron chi connectivity index (χ1n) is 6.91. The Balaban J connectivity index is 2.28. The molecule has 0 aromatic carbocycles. The average molecular weight is 287 g/mol. The van der Waals surface area contributed by atoms with Crippen LogP contribution in [0.3, 0.4) is 0 Å². The van der Waals surface area contributed by atoms with E-state index in [1.807, 2.05) is 6.92 Å². The van der Waals surface area contributed by atoms with Gasteiger partial charge in [0.25, 0.3) is 0 Å². The molecule has 2 N–H and O–H groups in total. The first kappa shape index (κ1) is 15.3. The van der Waals surface area contributed by atoms with Crippen LogP contribution in [0.5, 0.6) is 0 Å². The zero-order chi connectivity index (χ0) is 14.8. The Morgan fingerprint density at radius 3 is 2.55 bits per heavy atom. The minimum Gasteiger partial charge on any atom is -0.326 e. The molecule has 2 rings (SSSR count). The predicted molar refractivity (Wildman–Crippen MR) is 71.0 cm³/mol. The molecule has 112 valence electrons. The lowest BCUT2D eigenvalue weighted by molar-refractivity contribution is -0.154. The molecule has 0 saturated heterocycles. The van der Waals surface area contributed by atoms with Crippen molar-refractivity contribution in [3.05, 3.63) is 30.1 Å². The van der Waals surface area contributed by atoms with Crippen LogP contribution >= 0.6 is 0 Å². The van der Waals surface area contributed by atoms with E-state index < -0.39 is 18.8 Å². The third-order valence-corrected chi connectivity index (χ3v) is 3.60. The van der Waals surface area contributed by atoms with Crippen molar-refractivity contribution in [1.29, 1.82) is 0 Å². The van der Waals surface area contributed by atoms with E-state index in [0.717, 1.165) is 12.8 Å². The van der Waals surface area contributed by atoms with Crippen molar-refractivity contribution in [1.82, 2.24) is 9.88 Å². The van der Waals surface area contributed by atoms with Gasteiger partial charge in [0.1, 0.15) is 0 Å². The fraction of sp³-hybridized carbons (Fsp3) is 0.643. The zero-order valence-corrected chi connectivity index (χ0v) is 11.5. The highest BCUT2D eigenvalue weighted by atomic mass is 19.4. The van der Waals surface area contributed by atoms with Crippen LogP contribution in [0.4, 0.5) is 13.2 Å².